The number of rotatable bonds is 3. The van der Waals surface area contributed by atoms with Crippen molar-refractivity contribution in [3.05, 3.63) is 40.8 Å². The normalized spacial score (nSPS) is 9.81. The average Bonchev–Trinajstić information content (AvgIpc) is 2.25. The molecular formula is C11H12ClNO3. The quantitative estimate of drug-likeness (QED) is 0.828. The Kier molecular flexibility index (Phi) is 4.34. The Bertz CT molecular complexity index is 524. The highest BCUT2D eigenvalue weighted by Gasteiger charge is 1.99. The van der Waals surface area contributed by atoms with E-state index in [2.05, 4.69) is 0 Å². The third kappa shape index (κ3) is 2.74. The molecule has 0 aliphatic rings. The van der Waals surface area contributed by atoms with Gasteiger partial charge in [-0.2, -0.15) is 0 Å². The molecule has 1 aromatic carbocycles. The van der Waals surface area contributed by atoms with E-state index in [-0.39, 0.29) is 18.0 Å². The fourth-order valence-corrected chi connectivity index (χ4v) is 1.31. The van der Waals surface area contributed by atoms with Crippen molar-refractivity contribution < 1.29 is 9.15 Å². The Morgan fingerprint density at radius 3 is 2.75 bits per heavy atom. The molecule has 0 aliphatic carbocycles. The zero-order valence-corrected chi connectivity index (χ0v) is 9.33. The molecule has 2 N–H and O–H groups in total. The number of hydrogen-bond acceptors (Lipinski definition) is 4. The van der Waals surface area contributed by atoms with Gasteiger partial charge in [0, 0.05) is 24.1 Å². The highest BCUT2D eigenvalue weighted by atomic mass is 35.5. The van der Waals surface area contributed by atoms with Crippen LogP contribution in [-0.4, -0.2) is 13.2 Å². The summed E-state index contributed by atoms with van der Waals surface area (Å²) in [6.07, 6.45) is 0. The van der Waals surface area contributed by atoms with E-state index in [9.17, 15) is 4.79 Å². The maximum absolute atomic E-state index is 11.0. The minimum Gasteiger partial charge on any atom is -0.492 e. The second-order valence-electron chi connectivity index (χ2n) is 3.09. The second kappa shape index (κ2) is 5.53. The molecule has 0 unspecified atom stereocenters. The molecule has 4 nitrogen and oxygen atoms in total. The molecule has 0 saturated carbocycles. The summed E-state index contributed by atoms with van der Waals surface area (Å²) in [6, 6.07) is 8.45. The molecule has 2 rings (SSSR count). The van der Waals surface area contributed by atoms with Crippen molar-refractivity contribution >= 4 is 23.4 Å². The molecule has 16 heavy (non-hydrogen) atoms. The lowest BCUT2D eigenvalue weighted by Gasteiger charge is -2.04. The van der Waals surface area contributed by atoms with Gasteiger partial charge < -0.3 is 14.9 Å². The number of hydrogen-bond donors (Lipinski definition) is 1. The maximum atomic E-state index is 11.0. The smallest absolute Gasteiger partial charge is 0.336 e. The molecule has 1 aromatic heterocycles. The topological polar surface area (TPSA) is 65.5 Å². The predicted octanol–water partition coefficient (Wildman–Crippen LogP) is 1.55. The van der Waals surface area contributed by atoms with Crippen LogP contribution < -0.4 is 16.1 Å². The van der Waals surface area contributed by atoms with Crippen LogP contribution in [-0.2, 0) is 0 Å². The highest BCUT2D eigenvalue weighted by molar-refractivity contribution is 5.85. The summed E-state index contributed by atoms with van der Waals surface area (Å²) in [4.78, 5) is 11.0. The number of benzene rings is 1. The second-order valence-corrected chi connectivity index (χ2v) is 3.09. The molecule has 0 aliphatic heterocycles. The number of ether oxygens (including phenoxy) is 1. The van der Waals surface area contributed by atoms with Crippen molar-refractivity contribution in [3.8, 4) is 5.75 Å². The number of nitrogens with two attached hydrogens (primary N) is 1. The molecule has 0 fully saturated rings. The van der Waals surface area contributed by atoms with E-state index in [4.69, 9.17) is 14.9 Å². The van der Waals surface area contributed by atoms with Crippen molar-refractivity contribution in [2.24, 2.45) is 5.73 Å². The Morgan fingerprint density at radius 1 is 1.25 bits per heavy atom. The van der Waals surface area contributed by atoms with Gasteiger partial charge in [-0.3, -0.25) is 0 Å². The summed E-state index contributed by atoms with van der Waals surface area (Å²) < 4.78 is 10.3. The van der Waals surface area contributed by atoms with Gasteiger partial charge in [0.1, 0.15) is 17.9 Å². The van der Waals surface area contributed by atoms with E-state index in [0.29, 0.717) is 24.5 Å². The van der Waals surface area contributed by atoms with Crippen LogP contribution >= 0.6 is 12.4 Å². The summed E-state index contributed by atoms with van der Waals surface area (Å²) in [5, 5.41) is 0.870. The van der Waals surface area contributed by atoms with Gasteiger partial charge in [-0.15, -0.1) is 12.4 Å². The zero-order valence-electron chi connectivity index (χ0n) is 8.51. The van der Waals surface area contributed by atoms with Crippen molar-refractivity contribution in [2.75, 3.05) is 13.2 Å². The standard InChI is InChI=1S/C11H11NO3.ClH/c12-5-6-14-9-3-1-8-2-4-11(13)15-10(8)7-9;/h1-4,7H,5-6,12H2;1H. The summed E-state index contributed by atoms with van der Waals surface area (Å²) in [6.45, 7) is 0.902. The zero-order chi connectivity index (χ0) is 10.7. The van der Waals surface area contributed by atoms with Crippen LogP contribution in [0.1, 0.15) is 0 Å². The van der Waals surface area contributed by atoms with Crippen LogP contribution in [0.5, 0.6) is 5.75 Å². The fraction of sp³-hybridized carbons (Fsp3) is 0.182. The Balaban J connectivity index is 0.00000128. The third-order valence-electron chi connectivity index (χ3n) is 1.98. The molecule has 0 amide bonds. The molecular weight excluding hydrogens is 230 g/mol. The maximum Gasteiger partial charge on any atom is 0.336 e. The number of fused-ring (bicyclic) bond motifs is 1. The monoisotopic (exact) mass is 241 g/mol. The Hall–Kier alpha value is -1.52. The lowest BCUT2D eigenvalue weighted by atomic mass is 10.2. The van der Waals surface area contributed by atoms with E-state index in [1.54, 1.807) is 12.1 Å². The molecule has 0 atom stereocenters. The lowest BCUT2D eigenvalue weighted by molar-refractivity contribution is 0.328. The van der Waals surface area contributed by atoms with Crippen molar-refractivity contribution in [3.63, 3.8) is 0 Å². The fourth-order valence-electron chi connectivity index (χ4n) is 1.31. The first-order valence-corrected chi connectivity index (χ1v) is 4.66. The minimum absolute atomic E-state index is 0. The van der Waals surface area contributed by atoms with Crippen molar-refractivity contribution in [1.29, 1.82) is 0 Å². The summed E-state index contributed by atoms with van der Waals surface area (Å²) >= 11 is 0. The van der Waals surface area contributed by atoms with Crippen molar-refractivity contribution in [1.82, 2.24) is 0 Å². The van der Waals surface area contributed by atoms with Gasteiger partial charge in [-0.25, -0.2) is 4.79 Å². The summed E-state index contributed by atoms with van der Waals surface area (Å²) in [5.41, 5.74) is 5.48. The first-order chi connectivity index (χ1) is 7.29. The molecule has 5 heteroatoms. The molecule has 86 valence electrons. The van der Waals surface area contributed by atoms with Crippen LogP contribution in [0.4, 0.5) is 0 Å². The first kappa shape index (κ1) is 12.5. The first-order valence-electron chi connectivity index (χ1n) is 4.66. The third-order valence-corrected chi connectivity index (χ3v) is 1.98. The van der Waals surface area contributed by atoms with Crippen LogP contribution in [0.3, 0.4) is 0 Å². The minimum atomic E-state index is -0.363. The largest absolute Gasteiger partial charge is 0.492 e. The molecule has 0 saturated heterocycles. The molecule has 1 heterocycles. The van der Waals surface area contributed by atoms with Gasteiger partial charge in [0.25, 0.3) is 0 Å². The average molecular weight is 242 g/mol. The SMILES string of the molecule is Cl.NCCOc1ccc2ccc(=O)oc2c1. The molecule has 2 aromatic rings. The van der Waals surface area contributed by atoms with E-state index >= 15 is 0 Å². The van der Waals surface area contributed by atoms with Gasteiger partial charge in [0.15, 0.2) is 0 Å². The number of halogens is 1. The summed E-state index contributed by atoms with van der Waals surface area (Å²) in [5.74, 6) is 0.655. The van der Waals surface area contributed by atoms with E-state index in [1.807, 2.05) is 12.1 Å². The van der Waals surface area contributed by atoms with Gasteiger partial charge in [-0.1, -0.05) is 0 Å². The van der Waals surface area contributed by atoms with Crippen molar-refractivity contribution in [2.45, 2.75) is 0 Å². The van der Waals surface area contributed by atoms with Gasteiger partial charge in [-0.05, 0) is 18.2 Å². The summed E-state index contributed by atoms with van der Waals surface area (Å²) in [7, 11) is 0. The van der Waals surface area contributed by atoms with E-state index in [0.717, 1.165) is 5.39 Å². The Morgan fingerprint density at radius 2 is 2.00 bits per heavy atom. The van der Waals surface area contributed by atoms with Crippen LogP contribution in [0.2, 0.25) is 0 Å². The molecule has 0 spiro atoms. The van der Waals surface area contributed by atoms with Crippen LogP contribution in [0, 0.1) is 0 Å². The highest BCUT2D eigenvalue weighted by Crippen LogP contribution is 2.19. The Labute approximate surface area is 98.4 Å². The van der Waals surface area contributed by atoms with E-state index in [1.165, 1.54) is 6.07 Å². The van der Waals surface area contributed by atoms with Crippen LogP contribution in [0.15, 0.2) is 39.5 Å². The van der Waals surface area contributed by atoms with Gasteiger partial charge in [0.2, 0.25) is 0 Å². The molecule has 0 bridgehead atoms. The van der Waals surface area contributed by atoms with Gasteiger partial charge >= 0.3 is 5.63 Å². The van der Waals surface area contributed by atoms with E-state index < -0.39 is 0 Å². The van der Waals surface area contributed by atoms with Gasteiger partial charge in [0.05, 0.1) is 0 Å². The molecule has 0 radical (unpaired) electrons. The lowest BCUT2D eigenvalue weighted by Crippen LogP contribution is -2.10. The predicted molar refractivity (Wildman–Crippen MR) is 64.3 cm³/mol. The van der Waals surface area contributed by atoms with Crippen LogP contribution in [0.25, 0.3) is 11.0 Å².